The largest absolute Gasteiger partial charge is 0.648 e. The topological polar surface area (TPSA) is 49.8 Å². The van der Waals surface area contributed by atoms with Crippen LogP contribution in [-0.4, -0.2) is 26.5 Å². The second kappa shape index (κ2) is 10.5. The lowest BCUT2D eigenvalue weighted by molar-refractivity contribution is -0.203. The molecule has 0 bridgehead atoms. The molecule has 1 heterocycles. The van der Waals surface area contributed by atoms with Gasteiger partial charge < -0.3 is 10.00 Å². The molecule has 0 spiro atoms. The number of aliphatic hydroxyl groups is 1. The maximum atomic E-state index is 16.0. The third-order valence-corrected chi connectivity index (χ3v) is 12.3. The molecule has 5 atom stereocenters. The molecule has 1 aliphatic heterocycles. The summed E-state index contributed by atoms with van der Waals surface area (Å²) in [5, 5.41) is 14.4. The van der Waals surface area contributed by atoms with Crippen LogP contribution in [0.2, 0.25) is 0 Å². The van der Waals surface area contributed by atoms with Gasteiger partial charge in [0.25, 0.3) is 0 Å². The third kappa shape index (κ3) is 4.20. The minimum absolute atomic E-state index is 0.0924. The Balaban J connectivity index is 1.55. The Bertz CT molecular complexity index is 1310. The first kappa shape index (κ1) is 25.7. The van der Waals surface area contributed by atoms with E-state index in [2.05, 4.69) is 83.9 Å². The standard InChI is InChI=1S/C33H37N2O2P/c1-24(26-14-5-3-6-15-26)34-31-22-11-12-23-32(31)35(25(2)27-16-7-4-8-17-27)38(34,37)33(36)30-21-13-19-28-18-9-10-20-29(28)30/h3-10,13-21,24-25,31-33,36H,11-12,22-23H2,1-2H3/t24-,25-,31+,32+,33+/m0/s1. The van der Waals surface area contributed by atoms with Crippen LogP contribution in [0.1, 0.15) is 74.1 Å². The monoisotopic (exact) mass is 524 g/mol. The van der Waals surface area contributed by atoms with Crippen molar-refractivity contribution in [2.45, 2.75) is 69.5 Å². The number of aliphatic hydroxyl groups excluding tert-OH is 1. The predicted molar refractivity (Wildman–Crippen MR) is 155 cm³/mol. The van der Waals surface area contributed by atoms with E-state index in [1.807, 2.05) is 42.5 Å². The molecule has 4 aromatic carbocycles. The van der Waals surface area contributed by atoms with E-state index in [1.54, 1.807) is 0 Å². The Labute approximate surface area is 227 Å². The van der Waals surface area contributed by atoms with Gasteiger partial charge in [-0.25, -0.2) is 0 Å². The van der Waals surface area contributed by atoms with Crippen LogP contribution in [0.4, 0.5) is 0 Å². The molecule has 6 rings (SSSR count). The highest BCUT2D eigenvalue weighted by Gasteiger charge is 2.65. The predicted octanol–water partition coefficient (Wildman–Crippen LogP) is 7.40. The highest BCUT2D eigenvalue weighted by atomic mass is 31.2. The molecule has 0 amide bonds. The van der Waals surface area contributed by atoms with E-state index in [0.29, 0.717) is 0 Å². The molecule has 196 valence electrons. The lowest BCUT2D eigenvalue weighted by atomic mass is 9.88. The van der Waals surface area contributed by atoms with Gasteiger partial charge in [0.15, 0.2) is 0 Å². The first-order chi connectivity index (χ1) is 18.5. The molecule has 4 nitrogen and oxygen atoms in total. The fourth-order valence-corrected chi connectivity index (χ4v) is 11.0. The van der Waals surface area contributed by atoms with Gasteiger partial charge in [0.2, 0.25) is 5.85 Å². The summed E-state index contributed by atoms with van der Waals surface area (Å²) in [5.74, 6) is -1.13. The summed E-state index contributed by atoms with van der Waals surface area (Å²) < 4.78 is 4.50. The number of hydrogen-bond acceptors (Lipinski definition) is 4. The van der Waals surface area contributed by atoms with Crippen LogP contribution in [0.15, 0.2) is 103 Å². The molecule has 0 radical (unpaired) electrons. The summed E-state index contributed by atoms with van der Waals surface area (Å²) in [6, 6.07) is 34.9. The van der Waals surface area contributed by atoms with Gasteiger partial charge in [-0.2, -0.15) is 9.34 Å². The van der Waals surface area contributed by atoms with Crippen LogP contribution in [0, 0.1) is 0 Å². The summed E-state index contributed by atoms with van der Waals surface area (Å²) >= 11 is 0. The summed E-state index contributed by atoms with van der Waals surface area (Å²) in [4.78, 5) is 16.0. The molecule has 2 aliphatic rings. The molecule has 38 heavy (non-hydrogen) atoms. The maximum Gasteiger partial charge on any atom is 0.218 e. The van der Waals surface area contributed by atoms with Gasteiger partial charge in [0.1, 0.15) is 7.79 Å². The van der Waals surface area contributed by atoms with Crippen molar-refractivity contribution in [3.8, 4) is 0 Å². The quantitative estimate of drug-likeness (QED) is 0.267. The van der Waals surface area contributed by atoms with Crippen LogP contribution in [0.5, 0.6) is 0 Å². The molecule has 1 N–H and O–H groups in total. The molecular formula is C33H37N2O2P. The Morgan fingerprint density at radius 2 is 1.16 bits per heavy atom. The summed E-state index contributed by atoms with van der Waals surface area (Å²) in [6.45, 7) is 4.33. The molecule has 0 aromatic heterocycles. The van der Waals surface area contributed by atoms with E-state index < -0.39 is 13.6 Å². The lowest BCUT2D eigenvalue weighted by Gasteiger charge is -2.47. The zero-order valence-corrected chi connectivity index (χ0v) is 23.1. The van der Waals surface area contributed by atoms with Crippen LogP contribution >= 0.6 is 7.79 Å². The zero-order chi connectivity index (χ0) is 26.3. The first-order valence-corrected chi connectivity index (χ1v) is 15.6. The molecule has 2 fully saturated rings. The SMILES string of the molecule is C[C@@H](c1ccccc1)N1[C@@H]2CCCC[C@H]2N([C@@H](C)c2ccccc2)[P+]1([O-])[C@@H](O)c1cccc2ccccc12. The van der Waals surface area contributed by atoms with Crippen molar-refractivity contribution in [2.24, 2.45) is 0 Å². The highest BCUT2D eigenvalue weighted by Crippen LogP contribution is 2.77. The van der Waals surface area contributed by atoms with Gasteiger partial charge in [-0.3, -0.25) is 0 Å². The average molecular weight is 525 g/mol. The van der Waals surface area contributed by atoms with Gasteiger partial charge in [-0.15, -0.1) is 0 Å². The van der Waals surface area contributed by atoms with Crippen molar-refractivity contribution < 1.29 is 10.00 Å². The minimum atomic E-state index is -3.53. The average Bonchev–Trinajstić information content (AvgIpc) is 3.25. The fraction of sp³-hybridized carbons (Fsp3) is 0.333. The van der Waals surface area contributed by atoms with E-state index in [0.717, 1.165) is 53.1 Å². The summed E-state index contributed by atoms with van der Waals surface area (Å²) in [7, 11) is -3.53. The normalized spacial score (nSPS) is 24.1. The van der Waals surface area contributed by atoms with E-state index in [-0.39, 0.29) is 24.2 Å². The molecule has 1 saturated carbocycles. The first-order valence-electron chi connectivity index (χ1n) is 13.9. The third-order valence-electron chi connectivity index (χ3n) is 8.81. The number of rotatable bonds is 6. The van der Waals surface area contributed by atoms with Gasteiger partial charge in [-0.05, 0) is 48.6 Å². The van der Waals surface area contributed by atoms with Gasteiger partial charge in [-0.1, -0.05) is 116 Å². The van der Waals surface area contributed by atoms with Crippen molar-refractivity contribution in [2.75, 3.05) is 0 Å². The van der Waals surface area contributed by atoms with E-state index in [4.69, 9.17) is 0 Å². The number of nitrogens with zero attached hydrogens (tertiary/aromatic N) is 2. The Hall–Kier alpha value is -2.59. The van der Waals surface area contributed by atoms with Crippen molar-refractivity contribution in [3.05, 3.63) is 120 Å². The highest BCUT2D eigenvalue weighted by molar-refractivity contribution is 7.64. The Kier molecular flexibility index (Phi) is 7.11. The van der Waals surface area contributed by atoms with Crippen molar-refractivity contribution in [1.29, 1.82) is 0 Å². The molecule has 0 unspecified atom stereocenters. The Morgan fingerprint density at radius 1 is 0.684 bits per heavy atom. The van der Waals surface area contributed by atoms with E-state index in [1.165, 1.54) is 0 Å². The van der Waals surface area contributed by atoms with E-state index >= 15 is 4.89 Å². The molecule has 5 heteroatoms. The number of benzene rings is 4. The molecule has 4 aromatic rings. The number of fused-ring (bicyclic) bond motifs is 2. The van der Waals surface area contributed by atoms with Crippen molar-refractivity contribution in [3.63, 3.8) is 0 Å². The van der Waals surface area contributed by atoms with E-state index in [9.17, 15) is 5.11 Å². The van der Waals surface area contributed by atoms with Gasteiger partial charge >= 0.3 is 0 Å². The zero-order valence-electron chi connectivity index (χ0n) is 22.2. The van der Waals surface area contributed by atoms with Crippen molar-refractivity contribution in [1.82, 2.24) is 9.34 Å². The van der Waals surface area contributed by atoms with Crippen LogP contribution in [-0.2, 0) is 0 Å². The van der Waals surface area contributed by atoms with Crippen LogP contribution in [0.25, 0.3) is 10.8 Å². The van der Waals surface area contributed by atoms with Gasteiger partial charge in [0, 0.05) is 5.56 Å². The Morgan fingerprint density at radius 3 is 1.71 bits per heavy atom. The minimum Gasteiger partial charge on any atom is -0.648 e. The lowest BCUT2D eigenvalue weighted by Crippen LogP contribution is -2.41. The summed E-state index contributed by atoms with van der Waals surface area (Å²) in [6.07, 6.45) is 4.23. The van der Waals surface area contributed by atoms with Crippen molar-refractivity contribution >= 4 is 18.6 Å². The fourth-order valence-electron chi connectivity index (χ4n) is 7.00. The molecule has 1 aliphatic carbocycles. The maximum absolute atomic E-state index is 16.0. The molecule has 1 saturated heterocycles. The number of hydrogen-bond donors (Lipinski definition) is 1. The van der Waals surface area contributed by atoms with Gasteiger partial charge in [0.05, 0.1) is 24.2 Å². The summed E-state index contributed by atoms with van der Waals surface area (Å²) in [5.41, 5.74) is 3.02. The second-order valence-electron chi connectivity index (χ2n) is 10.9. The van der Waals surface area contributed by atoms with Crippen LogP contribution in [0.3, 0.4) is 0 Å². The second-order valence-corrected chi connectivity index (χ2v) is 13.5. The smallest absolute Gasteiger partial charge is 0.218 e. The van der Waals surface area contributed by atoms with Crippen LogP contribution < -0.4 is 4.89 Å². The molecular weight excluding hydrogens is 487 g/mol.